The summed E-state index contributed by atoms with van der Waals surface area (Å²) in [6.45, 7) is 4.24. The van der Waals surface area contributed by atoms with Crippen LogP contribution in [0.2, 0.25) is 0 Å². The Bertz CT molecular complexity index is 742. The molecule has 7 heteroatoms. The van der Waals surface area contributed by atoms with Crippen LogP contribution in [0.25, 0.3) is 11.0 Å². The van der Waals surface area contributed by atoms with Gasteiger partial charge in [-0.2, -0.15) is 4.57 Å². The van der Waals surface area contributed by atoms with Crippen LogP contribution in [0.1, 0.15) is 26.7 Å². The molecular weight excluding hydrogens is 318 g/mol. The average Bonchev–Trinajstić information content (AvgIpc) is 2.80. The fraction of sp³-hybridized carbons (Fsp3) is 0.500. The van der Waals surface area contributed by atoms with Crippen LogP contribution in [0.4, 0.5) is 4.79 Å². The number of nitrogens with one attached hydrogen (secondary N) is 1. The summed E-state index contributed by atoms with van der Waals surface area (Å²) in [6.07, 6.45) is 0.804. The second-order valence-corrected chi connectivity index (χ2v) is 6.12. The van der Waals surface area contributed by atoms with Crippen molar-refractivity contribution in [3.05, 3.63) is 34.7 Å². The van der Waals surface area contributed by atoms with Crippen molar-refractivity contribution in [2.45, 2.75) is 44.9 Å². The third kappa shape index (κ3) is 3.28. The molecule has 0 radical (unpaired) electrons. The largest absolute Gasteiger partial charge is 0.445 e. The van der Waals surface area contributed by atoms with E-state index in [9.17, 15) is 9.59 Å². The smallest absolute Gasteiger partial charge is 0.423 e. The number of piperidine rings is 1. The number of aromatic amines is 1. The quantitative estimate of drug-likeness (QED) is 0.867. The minimum Gasteiger partial charge on any atom is -0.445 e. The lowest BCUT2D eigenvalue weighted by atomic mass is 9.95. The Kier molecular flexibility index (Phi) is 5.16. The van der Waals surface area contributed by atoms with Crippen LogP contribution in [0, 0.1) is 0 Å². The summed E-state index contributed by atoms with van der Waals surface area (Å²) >= 11 is 0. The van der Waals surface area contributed by atoms with E-state index in [1.165, 1.54) is 0 Å². The molecule has 1 fully saturated rings. The third-order valence-electron chi connectivity index (χ3n) is 4.64. The molecule has 2 aromatic rings. The van der Waals surface area contributed by atoms with E-state index in [1.54, 1.807) is 18.2 Å². The van der Waals surface area contributed by atoms with Gasteiger partial charge in [0, 0.05) is 12.1 Å². The maximum atomic E-state index is 12.4. The topological polar surface area (TPSA) is 67.3 Å². The van der Waals surface area contributed by atoms with Crippen molar-refractivity contribution >= 4 is 29.5 Å². The molecule has 1 aromatic heterocycles. The van der Waals surface area contributed by atoms with Crippen LogP contribution in [-0.2, 0) is 4.74 Å². The molecule has 2 unspecified atom stereocenters. The number of para-hydroxylation sites is 2. The standard InChI is InChI=1S/C16H21N3O3.ClH/c1-10-8-12(9-11(2)18(10)3)22-16(21)19-14-7-5-4-6-13(14)17-15(19)20;/h4-7,10-12H,8-9H2,1-3H3,(H,17,20);1H. The van der Waals surface area contributed by atoms with E-state index in [4.69, 9.17) is 4.74 Å². The van der Waals surface area contributed by atoms with Crippen molar-refractivity contribution in [2.24, 2.45) is 0 Å². The van der Waals surface area contributed by atoms with Crippen LogP contribution in [0.3, 0.4) is 0 Å². The highest BCUT2D eigenvalue weighted by molar-refractivity contribution is 5.86. The molecule has 0 bridgehead atoms. The zero-order valence-electron chi connectivity index (χ0n) is 13.5. The molecule has 0 amide bonds. The van der Waals surface area contributed by atoms with Gasteiger partial charge in [-0.15, -0.1) is 12.4 Å². The van der Waals surface area contributed by atoms with Gasteiger partial charge in [-0.25, -0.2) is 9.59 Å². The monoisotopic (exact) mass is 339 g/mol. The van der Waals surface area contributed by atoms with Crippen molar-refractivity contribution in [3.8, 4) is 0 Å². The zero-order chi connectivity index (χ0) is 15.9. The number of H-pyrrole nitrogens is 1. The van der Waals surface area contributed by atoms with E-state index in [1.807, 2.05) is 6.07 Å². The van der Waals surface area contributed by atoms with Gasteiger partial charge in [-0.3, -0.25) is 0 Å². The molecule has 6 nitrogen and oxygen atoms in total. The van der Waals surface area contributed by atoms with Gasteiger partial charge in [0.1, 0.15) is 6.10 Å². The molecule has 1 N–H and O–H groups in total. The van der Waals surface area contributed by atoms with Gasteiger partial charge < -0.3 is 14.6 Å². The Labute approximate surface area is 140 Å². The molecule has 1 aliphatic rings. The van der Waals surface area contributed by atoms with Crippen LogP contribution >= 0.6 is 12.4 Å². The van der Waals surface area contributed by atoms with Crippen LogP contribution in [-0.4, -0.2) is 45.8 Å². The number of rotatable bonds is 1. The van der Waals surface area contributed by atoms with Gasteiger partial charge in [0.25, 0.3) is 0 Å². The average molecular weight is 340 g/mol. The first-order chi connectivity index (χ1) is 10.5. The highest BCUT2D eigenvalue weighted by Gasteiger charge is 2.31. The zero-order valence-corrected chi connectivity index (χ0v) is 14.3. The first-order valence-corrected chi connectivity index (χ1v) is 7.60. The molecule has 2 heterocycles. The predicted molar refractivity (Wildman–Crippen MR) is 91.4 cm³/mol. The second-order valence-electron chi connectivity index (χ2n) is 6.12. The summed E-state index contributed by atoms with van der Waals surface area (Å²) in [5.41, 5.74) is 0.723. The number of carbonyl (C=O) groups excluding carboxylic acids is 1. The second kappa shape index (κ2) is 6.76. The Balaban J connectivity index is 0.00000192. The summed E-state index contributed by atoms with van der Waals surface area (Å²) < 4.78 is 6.66. The van der Waals surface area contributed by atoms with Gasteiger partial charge in [0.05, 0.1) is 11.0 Å². The number of hydrogen-bond donors (Lipinski definition) is 1. The molecule has 3 rings (SSSR count). The highest BCUT2D eigenvalue weighted by Crippen LogP contribution is 2.24. The fourth-order valence-electron chi connectivity index (χ4n) is 3.15. The van der Waals surface area contributed by atoms with Crippen molar-refractivity contribution in [3.63, 3.8) is 0 Å². The number of fused-ring (bicyclic) bond motifs is 1. The highest BCUT2D eigenvalue weighted by atomic mass is 35.5. The summed E-state index contributed by atoms with van der Waals surface area (Å²) in [6, 6.07) is 7.80. The number of carbonyl (C=O) groups is 1. The lowest BCUT2D eigenvalue weighted by Crippen LogP contribution is -2.47. The number of nitrogens with zero attached hydrogens (tertiary/aromatic N) is 2. The van der Waals surface area contributed by atoms with E-state index in [2.05, 4.69) is 30.8 Å². The Morgan fingerprint density at radius 3 is 2.48 bits per heavy atom. The van der Waals surface area contributed by atoms with Crippen molar-refractivity contribution in [2.75, 3.05) is 7.05 Å². The van der Waals surface area contributed by atoms with Gasteiger partial charge in [0.15, 0.2) is 0 Å². The van der Waals surface area contributed by atoms with Crippen molar-refractivity contribution in [1.29, 1.82) is 0 Å². The minimum absolute atomic E-state index is 0. The maximum absolute atomic E-state index is 12.4. The van der Waals surface area contributed by atoms with E-state index < -0.39 is 11.8 Å². The molecule has 126 valence electrons. The van der Waals surface area contributed by atoms with Crippen LogP contribution in [0.5, 0.6) is 0 Å². The van der Waals surface area contributed by atoms with E-state index in [0.29, 0.717) is 23.1 Å². The lowest BCUT2D eigenvalue weighted by Gasteiger charge is -2.39. The first-order valence-electron chi connectivity index (χ1n) is 7.60. The number of benzene rings is 1. The third-order valence-corrected chi connectivity index (χ3v) is 4.64. The Morgan fingerprint density at radius 1 is 1.22 bits per heavy atom. The number of halogens is 1. The Hall–Kier alpha value is -1.79. The molecule has 1 aliphatic heterocycles. The summed E-state index contributed by atoms with van der Waals surface area (Å²) in [4.78, 5) is 29.4. The molecule has 0 spiro atoms. The summed E-state index contributed by atoms with van der Waals surface area (Å²) in [7, 11) is 2.08. The van der Waals surface area contributed by atoms with Crippen LogP contribution < -0.4 is 5.69 Å². The number of imidazole rings is 1. The fourth-order valence-corrected chi connectivity index (χ4v) is 3.15. The summed E-state index contributed by atoms with van der Waals surface area (Å²) in [5, 5.41) is 0. The lowest BCUT2D eigenvalue weighted by molar-refractivity contribution is 0.0131. The molecule has 2 atom stereocenters. The number of aromatic nitrogens is 2. The maximum Gasteiger partial charge on any atom is 0.423 e. The molecule has 23 heavy (non-hydrogen) atoms. The molecule has 0 aliphatic carbocycles. The SMILES string of the molecule is CC1CC(OC(=O)n2c(=O)[nH]c3ccccc32)CC(C)N1C.Cl. The molecular formula is C16H22ClN3O3. The van der Waals surface area contributed by atoms with E-state index in [-0.39, 0.29) is 18.5 Å². The van der Waals surface area contributed by atoms with Gasteiger partial charge >= 0.3 is 11.8 Å². The number of ether oxygens (including phenoxy) is 1. The first kappa shape index (κ1) is 17.6. The van der Waals surface area contributed by atoms with Gasteiger partial charge in [-0.05, 0) is 45.9 Å². The number of likely N-dealkylation sites (tertiary alicyclic amines) is 1. The molecule has 0 saturated carbocycles. The minimum atomic E-state index is -0.601. The van der Waals surface area contributed by atoms with Gasteiger partial charge in [0.2, 0.25) is 0 Å². The predicted octanol–water partition coefficient (Wildman–Crippen LogP) is 2.61. The van der Waals surface area contributed by atoms with Crippen molar-refractivity contribution < 1.29 is 9.53 Å². The number of hydrogen-bond acceptors (Lipinski definition) is 4. The van der Waals surface area contributed by atoms with Crippen molar-refractivity contribution in [1.82, 2.24) is 14.5 Å². The normalized spacial score (nSPS) is 25.1. The van der Waals surface area contributed by atoms with Gasteiger partial charge in [-0.1, -0.05) is 12.1 Å². The van der Waals surface area contributed by atoms with E-state index >= 15 is 0 Å². The molecule has 1 saturated heterocycles. The molecule has 1 aromatic carbocycles. The summed E-state index contributed by atoms with van der Waals surface area (Å²) in [5.74, 6) is 0. The van der Waals surface area contributed by atoms with E-state index in [0.717, 1.165) is 17.4 Å². The van der Waals surface area contributed by atoms with Crippen LogP contribution in [0.15, 0.2) is 29.1 Å². The Morgan fingerprint density at radius 2 is 1.83 bits per heavy atom.